The number of hydrogen-bond donors (Lipinski definition) is 1. The van der Waals surface area contributed by atoms with E-state index < -0.39 is 0 Å². The molecule has 4 heteroatoms. The number of benzene rings is 1. The van der Waals surface area contributed by atoms with Gasteiger partial charge in [-0.25, -0.2) is 4.98 Å². The number of nitrogens with zero attached hydrogens (tertiary/aromatic N) is 2. The van der Waals surface area contributed by atoms with Crippen molar-refractivity contribution in [2.75, 3.05) is 23.8 Å². The number of rotatable bonds is 3. The molecule has 0 amide bonds. The lowest BCUT2D eigenvalue weighted by atomic mass is 10.1. The Morgan fingerprint density at radius 2 is 2.26 bits per heavy atom. The second-order valence-corrected chi connectivity index (χ2v) is 5.58. The van der Waals surface area contributed by atoms with Crippen molar-refractivity contribution in [3.8, 4) is 0 Å². The van der Waals surface area contributed by atoms with Crippen molar-refractivity contribution in [1.29, 1.82) is 0 Å². The summed E-state index contributed by atoms with van der Waals surface area (Å²) in [5, 5.41) is 3.41. The summed E-state index contributed by atoms with van der Waals surface area (Å²) in [7, 11) is 2.15. The molecule has 0 bridgehead atoms. The van der Waals surface area contributed by atoms with E-state index in [2.05, 4.69) is 56.4 Å². The zero-order valence-electron chi connectivity index (χ0n) is 10.9. The van der Waals surface area contributed by atoms with Crippen LogP contribution in [-0.4, -0.2) is 18.6 Å². The monoisotopic (exact) mass is 317 g/mol. The predicted octanol–water partition coefficient (Wildman–Crippen LogP) is 3.45. The maximum absolute atomic E-state index is 4.21. The molecule has 0 saturated heterocycles. The average molecular weight is 318 g/mol. The highest BCUT2D eigenvalue weighted by Crippen LogP contribution is 2.28. The van der Waals surface area contributed by atoms with Gasteiger partial charge in [0, 0.05) is 32.0 Å². The van der Waals surface area contributed by atoms with Crippen LogP contribution in [0.2, 0.25) is 0 Å². The van der Waals surface area contributed by atoms with E-state index in [1.54, 1.807) is 6.20 Å². The van der Waals surface area contributed by atoms with Crippen LogP contribution in [0.5, 0.6) is 0 Å². The third kappa shape index (κ3) is 2.59. The molecular formula is C15H16BrN3. The summed E-state index contributed by atoms with van der Waals surface area (Å²) < 4.78 is 0.857. The first-order valence-electron chi connectivity index (χ1n) is 6.41. The Kier molecular flexibility index (Phi) is 3.42. The van der Waals surface area contributed by atoms with Gasteiger partial charge in [0.05, 0.1) is 5.69 Å². The van der Waals surface area contributed by atoms with Crippen LogP contribution in [0.15, 0.2) is 41.1 Å². The fraction of sp³-hybridized carbons (Fsp3) is 0.267. The molecule has 1 aromatic carbocycles. The summed E-state index contributed by atoms with van der Waals surface area (Å²) in [4.78, 5) is 6.52. The van der Waals surface area contributed by atoms with Gasteiger partial charge >= 0.3 is 0 Å². The van der Waals surface area contributed by atoms with Crippen LogP contribution in [0.4, 0.5) is 11.4 Å². The lowest BCUT2D eigenvalue weighted by Gasteiger charge is -2.13. The quantitative estimate of drug-likeness (QED) is 0.879. The molecule has 0 unspecified atom stereocenters. The van der Waals surface area contributed by atoms with E-state index in [1.807, 2.05) is 12.1 Å². The van der Waals surface area contributed by atoms with Gasteiger partial charge in [-0.1, -0.05) is 12.1 Å². The van der Waals surface area contributed by atoms with Crippen molar-refractivity contribution in [2.45, 2.75) is 13.0 Å². The molecule has 2 heterocycles. The third-order valence-corrected chi connectivity index (χ3v) is 4.15. The molecule has 3 nitrogen and oxygen atoms in total. The molecule has 0 atom stereocenters. The first kappa shape index (κ1) is 12.5. The molecule has 1 aliphatic heterocycles. The second kappa shape index (κ2) is 5.21. The van der Waals surface area contributed by atoms with Gasteiger partial charge in [0.1, 0.15) is 4.60 Å². The molecule has 3 rings (SSSR count). The van der Waals surface area contributed by atoms with Crippen LogP contribution < -0.4 is 10.2 Å². The van der Waals surface area contributed by atoms with E-state index in [9.17, 15) is 0 Å². The Labute approximate surface area is 121 Å². The van der Waals surface area contributed by atoms with Crippen LogP contribution >= 0.6 is 15.9 Å². The molecule has 1 aromatic heterocycles. The highest BCUT2D eigenvalue weighted by molar-refractivity contribution is 9.10. The normalized spacial score (nSPS) is 13.5. The van der Waals surface area contributed by atoms with E-state index >= 15 is 0 Å². The fourth-order valence-electron chi connectivity index (χ4n) is 2.45. The first-order chi connectivity index (χ1) is 9.24. The van der Waals surface area contributed by atoms with Crippen LogP contribution in [0.1, 0.15) is 11.1 Å². The van der Waals surface area contributed by atoms with Crippen LogP contribution in [0.3, 0.4) is 0 Å². The van der Waals surface area contributed by atoms with E-state index in [1.165, 1.54) is 16.8 Å². The third-order valence-electron chi connectivity index (χ3n) is 3.51. The summed E-state index contributed by atoms with van der Waals surface area (Å²) >= 11 is 3.45. The molecule has 1 aliphatic rings. The van der Waals surface area contributed by atoms with Gasteiger partial charge in [-0.3, -0.25) is 0 Å². The average Bonchev–Trinajstić information content (AvgIpc) is 2.79. The van der Waals surface area contributed by atoms with E-state index in [0.717, 1.165) is 29.8 Å². The fourth-order valence-corrected chi connectivity index (χ4v) is 2.84. The number of anilines is 2. The zero-order valence-corrected chi connectivity index (χ0v) is 12.4. The maximum Gasteiger partial charge on any atom is 0.129 e. The Morgan fingerprint density at radius 3 is 3.11 bits per heavy atom. The molecule has 98 valence electrons. The first-order valence-corrected chi connectivity index (χ1v) is 7.20. The SMILES string of the molecule is CN1CCc2cc(CNc3cccnc3Br)ccc21. The Hall–Kier alpha value is -1.55. The van der Waals surface area contributed by atoms with Gasteiger partial charge in [-0.15, -0.1) is 0 Å². The largest absolute Gasteiger partial charge is 0.379 e. The van der Waals surface area contributed by atoms with Crippen LogP contribution in [0.25, 0.3) is 0 Å². The van der Waals surface area contributed by atoms with Crippen LogP contribution in [-0.2, 0) is 13.0 Å². The van der Waals surface area contributed by atoms with Gasteiger partial charge in [-0.05, 0) is 51.7 Å². The Bertz CT molecular complexity index is 598. The van der Waals surface area contributed by atoms with Crippen molar-refractivity contribution in [2.24, 2.45) is 0 Å². The maximum atomic E-state index is 4.21. The molecule has 0 saturated carbocycles. The summed E-state index contributed by atoms with van der Waals surface area (Å²) in [6, 6.07) is 10.7. The highest BCUT2D eigenvalue weighted by Gasteiger charge is 2.15. The number of pyridine rings is 1. The van der Waals surface area contributed by atoms with Gasteiger partial charge in [0.2, 0.25) is 0 Å². The lowest BCUT2D eigenvalue weighted by molar-refractivity contribution is 0.955. The molecule has 0 aliphatic carbocycles. The van der Waals surface area contributed by atoms with Crippen molar-refractivity contribution >= 4 is 27.3 Å². The molecule has 0 radical (unpaired) electrons. The number of aromatic nitrogens is 1. The number of likely N-dealkylation sites (N-methyl/N-ethyl adjacent to an activating group) is 1. The minimum absolute atomic E-state index is 0.821. The van der Waals surface area contributed by atoms with Crippen molar-refractivity contribution in [1.82, 2.24) is 4.98 Å². The molecular weight excluding hydrogens is 302 g/mol. The van der Waals surface area contributed by atoms with E-state index in [-0.39, 0.29) is 0 Å². The van der Waals surface area contributed by atoms with E-state index in [4.69, 9.17) is 0 Å². The van der Waals surface area contributed by atoms with Gasteiger partial charge in [0.15, 0.2) is 0 Å². The van der Waals surface area contributed by atoms with Crippen molar-refractivity contribution in [3.05, 3.63) is 52.3 Å². The van der Waals surface area contributed by atoms with Gasteiger partial charge < -0.3 is 10.2 Å². The summed E-state index contributed by atoms with van der Waals surface area (Å²) in [6.07, 6.45) is 2.93. The zero-order chi connectivity index (χ0) is 13.2. The smallest absolute Gasteiger partial charge is 0.129 e. The summed E-state index contributed by atoms with van der Waals surface area (Å²) in [6.45, 7) is 1.95. The van der Waals surface area contributed by atoms with Crippen molar-refractivity contribution in [3.63, 3.8) is 0 Å². The van der Waals surface area contributed by atoms with E-state index in [0.29, 0.717) is 0 Å². The number of hydrogen-bond acceptors (Lipinski definition) is 3. The topological polar surface area (TPSA) is 28.2 Å². The molecule has 0 fully saturated rings. The minimum atomic E-state index is 0.821. The minimum Gasteiger partial charge on any atom is -0.379 e. The highest BCUT2D eigenvalue weighted by atomic mass is 79.9. The molecule has 2 aromatic rings. The Morgan fingerprint density at radius 1 is 1.37 bits per heavy atom. The molecule has 19 heavy (non-hydrogen) atoms. The summed E-state index contributed by atoms with van der Waals surface area (Å²) in [5.74, 6) is 0. The number of nitrogens with one attached hydrogen (secondary N) is 1. The second-order valence-electron chi connectivity index (χ2n) is 4.83. The lowest BCUT2D eigenvalue weighted by Crippen LogP contribution is -2.12. The predicted molar refractivity (Wildman–Crippen MR) is 82.7 cm³/mol. The van der Waals surface area contributed by atoms with Gasteiger partial charge in [-0.2, -0.15) is 0 Å². The molecule has 0 spiro atoms. The molecule has 1 N–H and O–H groups in total. The number of halogens is 1. The standard InChI is InChI=1S/C15H16BrN3/c1-19-8-6-12-9-11(4-5-14(12)19)10-18-13-3-2-7-17-15(13)16/h2-5,7,9,18H,6,8,10H2,1H3. The number of fused-ring (bicyclic) bond motifs is 1. The van der Waals surface area contributed by atoms with Gasteiger partial charge in [0.25, 0.3) is 0 Å². The summed E-state index contributed by atoms with van der Waals surface area (Å²) in [5.41, 5.74) is 5.16. The van der Waals surface area contributed by atoms with Crippen molar-refractivity contribution < 1.29 is 0 Å². The Balaban J connectivity index is 1.73. The van der Waals surface area contributed by atoms with Crippen LogP contribution in [0, 0.1) is 0 Å².